The Labute approximate surface area is 46.9 Å². The van der Waals surface area contributed by atoms with E-state index in [0.29, 0.717) is 0 Å². The average molecular weight is 123 g/mol. The van der Waals surface area contributed by atoms with Crippen LogP contribution in [0, 0.1) is 0 Å². The molecular weight excluding hydrogens is 113 g/mol. The van der Waals surface area contributed by atoms with E-state index < -0.39 is 25.4 Å². The van der Waals surface area contributed by atoms with Gasteiger partial charge in [0, 0.05) is 0 Å². The Bertz CT molecular complexity index is 56.8. The molecule has 0 bridgehead atoms. The Balaban J connectivity index is 3.58. The Morgan fingerprint density at radius 3 is 1.75 bits per heavy atom. The Hall–Kier alpha value is -0.190. The van der Waals surface area contributed by atoms with Crippen LogP contribution < -0.4 is 5.73 Å². The van der Waals surface area contributed by atoms with E-state index in [4.69, 9.17) is 15.9 Å². The lowest BCUT2D eigenvalue weighted by molar-refractivity contribution is 0.0997. The molecule has 0 aliphatic heterocycles. The minimum Gasteiger partial charge on any atom is -0.394 e. The highest BCUT2D eigenvalue weighted by atomic mass is 19.1. The molecule has 0 aromatic carbocycles. The van der Waals surface area contributed by atoms with Crippen LogP contribution in [-0.4, -0.2) is 35.6 Å². The summed E-state index contributed by atoms with van der Waals surface area (Å²) in [6, 6.07) is 0. The first-order valence-electron chi connectivity index (χ1n) is 2.25. The van der Waals surface area contributed by atoms with E-state index in [1.54, 1.807) is 0 Å². The standard InChI is InChI=1S/C4H10FNO2/c5-1-4(6,2-7)3-8/h7-8H,1-3,6H2. The maximum Gasteiger partial charge on any atom is 0.112 e. The molecule has 0 rings (SSSR count). The zero-order valence-electron chi connectivity index (χ0n) is 4.47. The highest BCUT2D eigenvalue weighted by Gasteiger charge is 2.21. The third kappa shape index (κ3) is 1.73. The molecule has 0 saturated carbocycles. The highest BCUT2D eigenvalue weighted by Crippen LogP contribution is 1.96. The van der Waals surface area contributed by atoms with Crippen molar-refractivity contribution in [2.75, 3.05) is 19.9 Å². The van der Waals surface area contributed by atoms with Crippen LogP contribution in [0.25, 0.3) is 0 Å². The van der Waals surface area contributed by atoms with Gasteiger partial charge in [-0.25, -0.2) is 4.39 Å². The number of hydrogen-bond acceptors (Lipinski definition) is 3. The van der Waals surface area contributed by atoms with E-state index in [9.17, 15) is 4.39 Å². The second-order valence-corrected chi connectivity index (χ2v) is 1.81. The fraction of sp³-hybridized carbons (Fsp3) is 1.00. The summed E-state index contributed by atoms with van der Waals surface area (Å²) >= 11 is 0. The Morgan fingerprint density at radius 2 is 1.75 bits per heavy atom. The van der Waals surface area contributed by atoms with Crippen molar-refractivity contribution in [3.05, 3.63) is 0 Å². The molecule has 0 spiro atoms. The van der Waals surface area contributed by atoms with E-state index in [1.165, 1.54) is 0 Å². The minimum absolute atomic E-state index is 0.528. The number of hydrogen-bond donors (Lipinski definition) is 3. The van der Waals surface area contributed by atoms with Crippen LogP contribution in [0.5, 0.6) is 0 Å². The molecule has 0 amide bonds. The quantitative estimate of drug-likeness (QED) is 0.434. The number of rotatable bonds is 3. The van der Waals surface area contributed by atoms with Gasteiger partial charge in [0.1, 0.15) is 6.67 Å². The summed E-state index contributed by atoms with van der Waals surface area (Å²) in [5.74, 6) is 0. The third-order valence-corrected chi connectivity index (χ3v) is 0.896. The van der Waals surface area contributed by atoms with Crippen molar-refractivity contribution in [1.82, 2.24) is 0 Å². The van der Waals surface area contributed by atoms with Crippen LogP contribution in [-0.2, 0) is 0 Å². The molecule has 0 fully saturated rings. The van der Waals surface area contributed by atoms with E-state index in [-0.39, 0.29) is 0 Å². The molecule has 0 atom stereocenters. The van der Waals surface area contributed by atoms with E-state index in [0.717, 1.165) is 0 Å². The van der Waals surface area contributed by atoms with E-state index in [2.05, 4.69) is 0 Å². The summed E-state index contributed by atoms with van der Waals surface area (Å²) in [6.45, 7) is -1.96. The van der Waals surface area contributed by atoms with Gasteiger partial charge in [-0.1, -0.05) is 0 Å². The van der Waals surface area contributed by atoms with Gasteiger partial charge in [0.2, 0.25) is 0 Å². The number of aliphatic hydroxyl groups is 2. The molecule has 0 saturated heterocycles. The molecule has 4 heteroatoms. The topological polar surface area (TPSA) is 66.5 Å². The molecule has 0 aliphatic carbocycles. The first kappa shape index (κ1) is 7.81. The third-order valence-electron chi connectivity index (χ3n) is 0.896. The number of aliphatic hydroxyl groups excluding tert-OH is 2. The molecule has 0 heterocycles. The van der Waals surface area contributed by atoms with Crippen molar-refractivity contribution in [1.29, 1.82) is 0 Å². The SMILES string of the molecule is NC(CO)(CO)CF. The lowest BCUT2D eigenvalue weighted by Crippen LogP contribution is -2.49. The minimum atomic E-state index is -1.43. The van der Waals surface area contributed by atoms with Crippen molar-refractivity contribution in [2.24, 2.45) is 5.73 Å². The lowest BCUT2D eigenvalue weighted by atomic mass is 10.1. The second-order valence-electron chi connectivity index (χ2n) is 1.81. The number of alkyl halides is 1. The summed E-state index contributed by atoms with van der Waals surface area (Å²) in [5, 5.41) is 16.5. The van der Waals surface area contributed by atoms with Crippen LogP contribution in [0.3, 0.4) is 0 Å². The van der Waals surface area contributed by atoms with Gasteiger partial charge in [0.15, 0.2) is 0 Å². The molecule has 0 aliphatic rings. The molecule has 8 heavy (non-hydrogen) atoms. The smallest absolute Gasteiger partial charge is 0.112 e. The molecule has 4 N–H and O–H groups in total. The van der Waals surface area contributed by atoms with Crippen LogP contribution in [0.2, 0.25) is 0 Å². The van der Waals surface area contributed by atoms with Crippen LogP contribution >= 0.6 is 0 Å². The lowest BCUT2D eigenvalue weighted by Gasteiger charge is -2.19. The maximum absolute atomic E-state index is 11.6. The fourth-order valence-corrected chi connectivity index (χ4v) is 0.135. The Morgan fingerprint density at radius 1 is 1.38 bits per heavy atom. The maximum atomic E-state index is 11.6. The molecule has 3 nitrogen and oxygen atoms in total. The van der Waals surface area contributed by atoms with Crippen molar-refractivity contribution < 1.29 is 14.6 Å². The van der Waals surface area contributed by atoms with Gasteiger partial charge in [-0.3, -0.25) is 0 Å². The number of nitrogens with two attached hydrogens (primary N) is 1. The molecule has 0 aromatic heterocycles. The van der Waals surface area contributed by atoms with Gasteiger partial charge in [0.05, 0.1) is 18.8 Å². The highest BCUT2D eigenvalue weighted by molar-refractivity contribution is 4.80. The van der Waals surface area contributed by atoms with Crippen LogP contribution in [0.1, 0.15) is 0 Å². The van der Waals surface area contributed by atoms with Gasteiger partial charge < -0.3 is 15.9 Å². The van der Waals surface area contributed by atoms with E-state index >= 15 is 0 Å². The molecule has 0 aromatic rings. The molecule has 0 radical (unpaired) electrons. The summed E-state index contributed by atoms with van der Waals surface area (Å²) in [5.41, 5.74) is 3.59. The zero-order valence-corrected chi connectivity index (χ0v) is 4.47. The summed E-state index contributed by atoms with van der Waals surface area (Å²) < 4.78 is 11.6. The van der Waals surface area contributed by atoms with Crippen LogP contribution in [0.15, 0.2) is 0 Å². The predicted octanol–water partition coefficient (Wildman–Crippen LogP) is -1.36. The largest absolute Gasteiger partial charge is 0.394 e. The number of halogens is 1. The molecule has 0 unspecified atom stereocenters. The first-order chi connectivity index (χ1) is 3.68. The van der Waals surface area contributed by atoms with Crippen molar-refractivity contribution >= 4 is 0 Å². The average Bonchev–Trinajstić information content (AvgIpc) is 1.87. The predicted molar refractivity (Wildman–Crippen MR) is 27.1 cm³/mol. The summed E-state index contributed by atoms with van der Waals surface area (Å²) in [7, 11) is 0. The fourth-order valence-electron chi connectivity index (χ4n) is 0.135. The van der Waals surface area contributed by atoms with Gasteiger partial charge in [-0.05, 0) is 0 Å². The first-order valence-corrected chi connectivity index (χ1v) is 2.25. The van der Waals surface area contributed by atoms with Crippen molar-refractivity contribution in [2.45, 2.75) is 5.54 Å². The molecule has 50 valence electrons. The summed E-state index contributed by atoms with van der Waals surface area (Å²) in [6.07, 6.45) is 0. The zero-order chi connectivity index (χ0) is 6.62. The van der Waals surface area contributed by atoms with Crippen molar-refractivity contribution in [3.8, 4) is 0 Å². The summed E-state index contributed by atoms with van der Waals surface area (Å²) in [4.78, 5) is 0. The Kier molecular flexibility index (Phi) is 2.89. The van der Waals surface area contributed by atoms with Gasteiger partial charge in [-0.2, -0.15) is 0 Å². The normalized spacial score (nSPS) is 12.0. The molecular formula is C4H10FNO2. The van der Waals surface area contributed by atoms with Gasteiger partial charge in [-0.15, -0.1) is 0 Å². The van der Waals surface area contributed by atoms with Crippen molar-refractivity contribution in [3.63, 3.8) is 0 Å². The van der Waals surface area contributed by atoms with Gasteiger partial charge >= 0.3 is 0 Å². The van der Waals surface area contributed by atoms with Gasteiger partial charge in [0.25, 0.3) is 0 Å². The van der Waals surface area contributed by atoms with Crippen LogP contribution in [0.4, 0.5) is 4.39 Å². The second kappa shape index (κ2) is 2.96. The van der Waals surface area contributed by atoms with E-state index in [1.807, 2.05) is 0 Å². The monoisotopic (exact) mass is 123 g/mol.